The highest BCUT2D eigenvalue weighted by molar-refractivity contribution is 5.94. The van der Waals surface area contributed by atoms with Crippen molar-refractivity contribution in [1.29, 1.82) is 5.26 Å². The van der Waals surface area contributed by atoms with E-state index in [9.17, 15) is 9.59 Å². The quantitative estimate of drug-likeness (QED) is 0.780. The molecule has 0 bridgehead atoms. The highest BCUT2D eigenvalue weighted by atomic mass is 16.2. The van der Waals surface area contributed by atoms with Crippen LogP contribution in [-0.2, 0) is 4.79 Å². The summed E-state index contributed by atoms with van der Waals surface area (Å²) in [6, 6.07) is 15.2. The number of anilines is 2. The van der Waals surface area contributed by atoms with Gasteiger partial charge in [-0.2, -0.15) is 5.26 Å². The number of benzene rings is 2. The summed E-state index contributed by atoms with van der Waals surface area (Å²) in [6.07, 6.45) is 0. The summed E-state index contributed by atoms with van der Waals surface area (Å²) in [5.74, 6) is -0.740. The SMILES string of the molecule is N#Cc1cccc(NC(=O)CNc2ccc(C(N)=O)cc2)c1. The molecule has 0 fully saturated rings. The van der Waals surface area contributed by atoms with Crippen LogP contribution in [-0.4, -0.2) is 18.4 Å². The standard InChI is InChI=1S/C16H14N4O2/c17-9-11-2-1-3-14(8-11)20-15(21)10-19-13-6-4-12(5-7-13)16(18)22/h1-8,19H,10H2,(H2,18,22)(H,20,21). The molecule has 0 spiro atoms. The van der Waals surface area contributed by atoms with Gasteiger partial charge in [0.05, 0.1) is 18.2 Å². The molecule has 0 heterocycles. The molecule has 2 aromatic carbocycles. The summed E-state index contributed by atoms with van der Waals surface area (Å²) < 4.78 is 0. The molecule has 2 rings (SSSR count). The van der Waals surface area contributed by atoms with Crippen molar-refractivity contribution in [2.45, 2.75) is 0 Å². The highest BCUT2D eigenvalue weighted by Crippen LogP contribution is 2.11. The van der Waals surface area contributed by atoms with Gasteiger partial charge >= 0.3 is 0 Å². The van der Waals surface area contributed by atoms with Gasteiger partial charge < -0.3 is 16.4 Å². The molecule has 2 aromatic rings. The summed E-state index contributed by atoms with van der Waals surface area (Å²) >= 11 is 0. The van der Waals surface area contributed by atoms with Crippen LogP contribution >= 0.6 is 0 Å². The van der Waals surface area contributed by atoms with Crippen LogP contribution in [0.25, 0.3) is 0 Å². The predicted molar refractivity (Wildman–Crippen MR) is 83.2 cm³/mol. The number of nitrogens with zero attached hydrogens (tertiary/aromatic N) is 1. The first-order valence-corrected chi connectivity index (χ1v) is 6.52. The van der Waals surface area contributed by atoms with Crippen molar-refractivity contribution >= 4 is 23.2 Å². The Labute approximate surface area is 127 Å². The fraction of sp³-hybridized carbons (Fsp3) is 0.0625. The Balaban J connectivity index is 1.89. The molecule has 0 saturated heterocycles. The van der Waals surface area contributed by atoms with Gasteiger partial charge in [-0.3, -0.25) is 9.59 Å². The summed E-state index contributed by atoms with van der Waals surface area (Å²) in [5.41, 5.74) is 7.30. The minimum absolute atomic E-state index is 0.0622. The number of rotatable bonds is 5. The van der Waals surface area contributed by atoms with Gasteiger partial charge in [0.2, 0.25) is 11.8 Å². The van der Waals surface area contributed by atoms with Gasteiger partial charge in [0.1, 0.15) is 0 Å². The maximum atomic E-state index is 11.8. The second-order valence-electron chi connectivity index (χ2n) is 4.54. The first-order chi connectivity index (χ1) is 10.6. The lowest BCUT2D eigenvalue weighted by atomic mass is 10.2. The third-order valence-electron chi connectivity index (χ3n) is 2.90. The number of nitrogens with one attached hydrogen (secondary N) is 2. The minimum atomic E-state index is -0.498. The van der Waals surface area contributed by atoms with Gasteiger partial charge in [-0.1, -0.05) is 6.07 Å². The van der Waals surface area contributed by atoms with Crippen LogP contribution in [0.1, 0.15) is 15.9 Å². The van der Waals surface area contributed by atoms with E-state index >= 15 is 0 Å². The second-order valence-corrected chi connectivity index (χ2v) is 4.54. The fourth-order valence-electron chi connectivity index (χ4n) is 1.81. The number of carbonyl (C=O) groups is 2. The Hall–Kier alpha value is -3.33. The van der Waals surface area contributed by atoms with Crippen LogP contribution in [0.5, 0.6) is 0 Å². The number of carbonyl (C=O) groups excluding carboxylic acids is 2. The maximum absolute atomic E-state index is 11.8. The van der Waals surface area contributed by atoms with Crippen LogP contribution in [0, 0.1) is 11.3 Å². The summed E-state index contributed by atoms with van der Waals surface area (Å²) in [4.78, 5) is 22.8. The van der Waals surface area contributed by atoms with Crippen molar-refractivity contribution < 1.29 is 9.59 Å². The zero-order chi connectivity index (χ0) is 15.9. The molecule has 0 aromatic heterocycles. The molecule has 0 unspecified atom stereocenters. The van der Waals surface area contributed by atoms with Crippen LogP contribution in [0.15, 0.2) is 48.5 Å². The monoisotopic (exact) mass is 294 g/mol. The van der Waals surface area contributed by atoms with Crippen molar-refractivity contribution in [2.24, 2.45) is 5.73 Å². The Morgan fingerprint density at radius 2 is 1.82 bits per heavy atom. The number of hydrogen-bond donors (Lipinski definition) is 3. The summed E-state index contributed by atoms with van der Waals surface area (Å²) in [7, 11) is 0. The Kier molecular flexibility index (Phi) is 4.73. The molecule has 0 aliphatic carbocycles. The molecule has 0 aliphatic rings. The molecule has 6 nitrogen and oxygen atoms in total. The summed E-state index contributed by atoms with van der Waals surface area (Å²) in [6.45, 7) is 0.0622. The molecule has 0 radical (unpaired) electrons. The van der Waals surface area contributed by atoms with E-state index in [1.165, 1.54) is 0 Å². The molecule has 6 heteroatoms. The van der Waals surface area contributed by atoms with E-state index in [2.05, 4.69) is 10.6 Å². The smallest absolute Gasteiger partial charge is 0.248 e. The van der Waals surface area contributed by atoms with E-state index in [1.807, 2.05) is 6.07 Å². The van der Waals surface area contributed by atoms with E-state index in [1.54, 1.807) is 48.5 Å². The molecule has 110 valence electrons. The van der Waals surface area contributed by atoms with Crippen molar-refractivity contribution in [3.8, 4) is 6.07 Å². The minimum Gasteiger partial charge on any atom is -0.376 e. The lowest BCUT2D eigenvalue weighted by Gasteiger charge is -2.08. The number of nitrogens with two attached hydrogens (primary N) is 1. The van der Waals surface area contributed by atoms with Crippen molar-refractivity contribution in [3.05, 3.63) is 59.7 Å². The Bertz CT molecular complexity index is 733. The average Bonchev–Trinajstić information content (AvgIpc) is 2.53. The van der Waals surface area contributed by atoms with Gasteiger partial charge in [0.15, 0.2) is 0 Å². The zero-order valence-electron chi connectivity index (χ0n) is 11.7. The lowest BCUT2D eigenvalue weighted by Crippen LogP contribution is -2.21. The Morgan fingerprint density at radius 1 is 1.09 bits per heavy atom. The van der Waals surface area contributed by atoms with Crippen molar-refractivity contribution in [1.82, 2.24) is 0 Å². The normalized spacial score (nSPS) is 9.59. The van der Waals surface area contributed by atoms with Crippen molar-refractivity contribution in [2.75, 3.05) is 17.2 Å². The van der Waals surface area contributed by atoms with E-state index in [-0.39, 0.29) is 12.5 Å². The van der Waals surface area contributed by atoms with E-state index in [4.69, 9.17) is 11.0 Å². The van der Waals surface area contributed by atoms with E-state index < -0.39 is 5.91 Å². The first-order valence-electron chi connectivity index (χ1n) is 6.52. The topological polar surface area (TPSA) is 108 Å². The molecule has 4 N–H and O–H groups in total. The van der Waals surface area contributed by atoms with Crippen LogP contribution in [0.4, 0.5) is 11.4 Å². The van der Waals surface area contributed by atoms with Gasteiger partial charge in [-0.05, 0) is 42.5 Å². The molecule has 2 amide bonds. The third-order valence-corrected chi connectivity index (χ3v) is 2.90. The van der Waals surface area contributed by atoms with Crippen LogP contribution in [0.2, 0.25) is 0 Å². The highest BCUT2D eigenvalue weighted by Gasteiger charge is 2.04. The van der Waals surface area contributed by atoms with Crippen molar-refractivity contribution in [3.63, 3.8) is 0 Å². The van der Waals surface area contributed by atoms with Gasteiger partial charge in [-0.15, -0.1) is 0 Å². The second kappa shape index (κ2) is 6.90. The number of primary amides is 1. The van der Waals surface area contributed by atoms with E-state index in [0.29, 0.717) is 22.5 Å². The van der Waals surface area contributed by atoms with Gasteiger partial charge in [0, 0.05) is 16.9 Å². The number of nitriles is 1. The molecule has 0 saturated carbocycles. The number of amides is 2. The van der Waals surface area contributed by atoms with Gasteiger partial charge in [-0.25, -0.2) is 0 Å². The predicted octanol–water partition coefficient (Wildman–Crippen LogP) is 1.71. The maximum Gasteiger partial charge on any atom is 0.248 e. The molecule has 0 atom stereocenters. The molecule has 0 aliphatic heterocycles. The van der Waals surface area contributed by atoms with Crippen LogP contribution in [0.3, 0.4) is 0 Å². The van der Waals surface area contributed by atoms with Gasteiger partial charge in [0.25, 0.3) is 0 Å². The third kappa shape index (κ3) is 4.08. The van der Waals surface area contributed by atoms with Crippen LogP contribution < -0.4 is 16.4 Å². The first kappa shape index (κ1) is 15.1. The van der Waals surface area contributed by atoms with E-state index in [0.717, 1.165) is 0 Å². The molecular weight excluding hydrogens is 280 g/mol. The summed E-state index contributed by atoms with van der Waals surface area (Å²) in [5, 5.41) is 14.4. The average molecular weight is 294 g/mol. The molecule has 22 heavy (non-hydrogen) atoms. The zero-order valence-corrected chi connectivity index (χ0v) is 11.7. The molecular formula is C16H14N4O2. The number of hydrogen-bond acceptors (Lipinski definition) is 4. The largest absolute Gasteiger partial charge is 0.376 e. The Morgan fingerprint density at radius 3 is 2.45 bits per heavy atom. The fourth-order valence-corrected chi connectivity index (χ4v) is 1.81. The lowest BCUT2D eigenvalue weighted by molar-refractivity contribution is -0.114.